The van der Waals surface area contributed by atoms with Gasteiger partial charge in [0.25, 0.3) is 0 Å². The van der Waals surface area contributed by atoms with E-state index in [1.165, 1.54) is 0 Å². The van der Waals surface area contributed by atoms with Crippen molar-refractivity contribution in [1.29, 1.82) is 0 Å². The van der Waals surface area contributed by atoms with Gasteiger partial charge in [0, 0.05) is 31.7 Å². The number of hydrogen-bond donors (Lipinski definition) is 1. The number of rotatable bonds is 6. The fourth-order valence-electron chi connectivity index (χ4n) is 1.43. The monoisotopic (exact) mass is 257 g/mol. The van der Waals surface area contributed by atoms with Crippen LogP contribution in [0.1, 0.15) is 31.7 Å². The lowest BCUT2D eigenvalue weighted by Crippen LogP contribution is -2.19. The van der Waals surface area contributed by atoms with Crippen LogP contribution in [0, 0.1) is 6.92 Å². The van der Waals surface area contributed by atoms with E-state index in [2.05, 4.69) is 22.2 Å². The first kappa shape index (κ1) is 14.2. The molecule has 0 bridgehead atoms. The van der Waals surface area contributed by atoms with Crippen molar-refractivity contribution < 1.29 is 4.74 Å². The van der Waals surface area contributed by atoms with Gasteiger partial charge < -0.3 is 10.1 Å². The minimum Gasteiger partial charge on any atom is -0.385 e. The van der Waals surface area contributed by atoms with Gasteiger partial charge in [-0.3, -0.25) is 0 Å². The molecule has 0 amide bonds. The molecule has 1 aromatic heterocycles. The average Bonchev–Trinajstić information content (AvgIpc) is 2.32. The molecule has 0 aliphatic heterocycles. The fraction of sp³-hybridized carbons (Fsp3) is 0.667. The summed E-state index contributed by atoms with van der Waals surface area (Å²) in [5.41, 5.74) is 0.896. The van der Waals surface area contributed by atoms with Gasteiger partial charge in [0.15, 0.2) is 0 Å². The highest BCUT2D eigenvalue weighted by Gasteiger charge is 2.10. The van der Waals surface area contributed by atoms with Crippen LogP contribution >= 0.6 is 11.6 Å². The van der Waals surface area contributed by atoms with Gasteiger partial charge in [0.1, 0.15) is 16.8 Å². The maximum Gasteiger partial charge on any atom is 0.137 e. The van der Waals surface area contributed by atoms with Crippen LogP contribution < -0.4 is 5.32 Å². The quantitative estimate of drug-likeness (QED) is 0.796. The smallest absolute Gasteiger partial charge is 0.137 e. The molecule has 0 saturated heterocycles. The Bertz CT molecular complexity index is 371. The van der Waals surface area contributed by atoms with Crippen LogP contribution in [0.15, 0.2) is 0 Å². The number of hydrogen-bond acceptors (Lipinski definition) is 4. The Morgan fingerprint density at radius 1 is 1.41 bits per heavy atom. The summed E-state index contributed by atoms with van der Waals surface area (Å²) in [6, 6.07) is 0.296. The average molecular weight is 258 g/mol. The number of nitrogens with zero attached hydrogens (tertiary/aromatic N) is 2. The van der Waals surface area contributed by atoms with Gasteiger partial charge in [-0.25, -0.2) is 9.97 Å². The van der Waals surface area contributed by atoms with Crippen LogP contribution in [0.4, 0.5) is 5.82 Å². The summed E-state index contributed by atoms with van der Waals surface area (Å²) in [6.07, 6.45) is 1.71. The van der Waals surface area contributed by atoms with Gasteiger partial charge >= 0.3 is 0 Å². The molecule has 17 heavy (non-hydrogen) atoms. The highest BCUT2D eigenvalue weighted by atomic mass is 35.5. The molecular formula is C12H20ClN3O. The molecule has 0 radical (unpaired) electrons. The summed E-state index contributed by atoms with van der Waals surface area (Å²) >= 11 is 6.07. The first-order chi connectivity index (χ1) is 8.08. The van der Waals surface area contributed by atoms with Gasteiger partial charge in [-0.1, -0.05) is 18.5 Å². The zero-order valence-corrected chi connectivity index (χ0v) is 11.6. The molecule has 5 heteroatoms. The number of halogens is 1. The second kappa shape index (κ2) is 6.77. The third kappa shape index (κ3) is 4.13. The Balaban J connectivity index is 2.78. The molecule has 4 nitrogen and oxygen atoms in total. The lowest BCUT2D eigenvalue weighted by molar-refractivity contribution is 0.191. The first-order valence-electron chi connectivity index (χ1n) is 5.87. The van der Waals surface area contributed by atoms with E-state index in [1.54, 1.807) is 7.11 Å². The summed E-state index contributed by atoms with van der Waals surface area (Å²) in [7, 11) is 1.70. The van der Waals surface area contributed by atoms with E-state index < -0.39 is 0 Å². The van der Waals surface area contributed by atoms with Crippen molar-refractivity contribution in [3.8, 4) is 0 Å². The van der Waals surface area contributed by atoms with Gasteiger partial charge in [-0.05, 0) is 20.3 Å². The minimum atomic E-state index is 0.296. The van der Waals surface area contributed by atoms with Crippen molar-refractivity contribution in [1.82, 2.24) is 9.97 Å². The normalized spacial score (nSPS) is 12.5. The van der Waals surface area contributed by atoms with E-state index >= 15 is 0 Å². The zero-order chi connectivity index (χ0) is 12.8. The van der Waals surface area contributed by atoms with Crippen LogP contribution in [-0.4, -0.2) is 29.7 Å². The van der Waals surface area contributed by atoms with Crippen molar-refractivity contribution in [2.45, 2.75) is 39.7 Å². The minimum absolute atomic E-state index is 0.296. The molecule has 1 aromatic rings. The standard InChI is InChI=1S/C12H20ClN3O/c1-5-10-15-11(13)9(3)12(16-10)14-8(2)6-7-17-4/h8H,5-7H2,1-4H3,(H,14,15,16). The van der Waals surface area contributed by atoms with Crippen LogP contribution in [0.5, 0.6) is 0 Å². The molecule has 0 spiro atoms. The highest BCUT2D eigenvalue weighted by molar-refractivity contribution is 6.30. The first-order valence-corrected chi connectivity index (χ1v) is 6.24. The van der Waals surface area contributed by atoms with E-state index in [-0.39, 0.29) is 0 Å². The Morgan fingerprint density at radius 2 is 2.12 bits per heavy atom. The van der Waals surface area contributed by atoms with Crippen molar-refractivity contribution in [2.24, 2.45) is 0 Å². The predicted octanol–water partition coefficient (Wildman–Crippen LogP) is 2.84. The van der Waals surface area contributed by atoms with Crippen LogP contribution in [-0.2, 0) is 11.2 Å². The molecular weight excluding hydrogens is 238 g/mol. The summed E-state index contributed by atoms with van der Waals surface area (Å²) in [6.45, 7) is 6.76. The van der Waals surface area contributed by atoms with Crippen molar-refractivity contribution >= 4 is 17.4 Å². The molecule has 1 rings (SSSR count). The van der Waals surface area contributed by atoms with Crippen LogP contribution in [0.25, 0.3) is 0 Å². The summed E-state index contributed by atoms with van der Waals surface area (Å²) in [5.74, 6) is 1.59. The molecule has 1 heterocycles. The molecule has 1 unspecified atom stereocenters. The van der Waals surface area contributed by atoms with E-state index in [9.17, 15) is 0 Å². The summed E-state index contributed by atoms with van der Waals surface area (Å²) in [4.78, 5) is 8.66. The molecule has 0 fully saturated rings. The van der Waals surface area contributed by atoms with Crippen molar-refractivity contribution in [2.75, 3.05) is 19.0 Å². The van der Waals surface area contributed by atoms with E-state index in [0.29, 0.717) is 11.2 Å². The van der Waals surface area contributed by atoms with Gasteiger partial charge in [-0.2, -0.15) is 0 Å². The number of ether oxygens (including phenoxy) is 1. The van der Waals surface area contributed by atoms with E-state index in [1.807, 2.05) is 13.8 Å². The Hall–Kier alpha value is -0.870. The maximum absolute atomic E-state index is 6.07. The lowest BCUT2D eigenvalue weighted by Gasteiger charge is -2.16. The second-order valence-electron chi connectivity index (χ2n) is 4.08. The number of aromatic nitrogens is 2. The second-order valence-corrected chi connectivity index (χ2v) is 4.44. The molecule has 0 saturated carbocycles. The topological polar surface area (TPSA) is 47.0 Å². The largest absolute Gasteiger partial charge is 0.385 e. The Kier molecular flexibility index (Phi) is 5.65. The number of nitrogens with one attached hydrogen (secondary N) is 1. The molecule has 96 valence electrons. The number of anilines is 1. The van der Waals surface area contributed by atoms with Crippen molar-refractivity contribution in [3.05, 3.63) is 16.5 Å². The van der Waals surface area contributed by atoms with Gasteiger partial charge in [0.2, 0.25) is 0 Å². The van der Waals surface area contributed by atoms with Crippen molar-refractivity contribution in [3.63, 3.8) is 0 Å². The Morgan fingerprint density at radius 3 is 2.71 bits per heavy atom. The zero-order valence-electron chi connectivity index (χ0n) is 10.9. The van der Waals surface area contributed by atoms with Crippen LogP contribution in [0.3, 0.4) is 0 Å². The maximum atomic E-state index is 6.07. The lowest BCUT2D eigenvalue weighted by atomic mass is 10.2. The molecule has 1 atom stereocenters. The van der Waals surface area contributed by atoms with E-state index in [4.69, 9.17) is 16.3 Å². The predicted molar refractivity (Wildman–Crippen MR) is 70.7 cm³/mol. The number of aryl methyl sites for hydroxylation is 1. The fourth-order valence-corrected chi connectivity index (χ4v) is 1.62. The van der Waals surface area contributed by atoms with Gasteiger partial charge in [0.05, 0.1) is 0 Å². The molecule has 0 aliphatic carbocycles. The Labute approximate surface area is 108 Å². The molecule has 0 aliphatic rings. The van der Waals surface area contributed by atoms with Gasteiger partial charge in [-0.15, -0.1) is 0 Å². The molecule has 1 N–H and O–H groups in total. The number of methoxy groups -OCH3 is 1. The summed E-state index contributed by atoms with van der Waals surface area (Å²) in [5, 5.41) is 3.87. The van der Waals surface area contributed by atoms with Crippen LogP contribution in [0.2, 0.25) is 5.15 Å². The molecule has 0 aromatic carbocycles. The third-order valence-corrected chi connectivity index (χ3v) is 2.96. The SMILES string of the molecule is CCc1nc(Cl)c(C)c(NC(C)CCOC)n1. The third-order valence-electron chi connectivity index (χ3n) is 2.59. The highest BCUT2D eigenvalue weighted by Crippen LogP contribution is 2.21. The van der Waals surface area contributed by atoms with E-state index in [0.717, 1.165) is 36.7 Å². The summed E-state index contributed by atoms with van der Waals surface area (Å²) < 4.78 is 5.05.